The molecular weight excluding hydrogens is 533 g/mol. The number of hydrogen-bond acceptors (Lipinski definition) is 8. The number of rotatable bonds is 8. The topological polar surface area (TPSA) is 104 Å². The monoisotopic (exact) mass is 554 g/mol. The van der Waals surface area contributed by atoms with Crippen molar-refractivity contribution in [2.45, 2.75) is 31.4 Å². The van der Waals surface area contributed by atoms with Gasteiger partial charge >= 0.3 is 11.9 Å². The summed E-state index contributed by atoms with van der Waals surface area (Å²) in [4.78, 5) is 34.5. The van der Waals surface area contributed by atoms with E-state index in [-0.39, 0.29) is 35.3 Å². The highest BCUT2D eigenvalue weighted by Crippen LogP contribution is 2.38. The second-order valence-electron chi connectivity index (χ2n) is 8.35. The number of alkyl halides is 2. The maximum absolute atomic E-state index is 14.4. The number of benzene rings is 1. The molecule has 3 heterocycles. The molecule has 1 aromatic carbocycles. The van der Waals surface area contributed by atoms with Crippen LogP contribution in [0.2, 0.25) is 5.02 Å². The van der Waals surface area contributed by atoms with Crippen molar-refractivity contribution in [1.82, 2.24) is 15.2 Å². The maximum atomic E-state index is 14.4. The number of hydrogen-bond donors (Lipinski definition) is 2. The van der Waals surface area contributed by atoms with Gasteiger partial charge in [-0.05, 0) is 19.1 Å². The smallest absolute Gasteiger partial charge is 0.338 e. The first kappa shape index (κ1) is 26.8. The van der Waals surface area contributed by atoms with Gasteiger partial charge in [0.2, 0.25) is 0 Å². The van der Waals surface area contributed by atoms with E-state index in [1.54, 1.807) is 18.5 Å². The Kier molecular flexibility index (Phi) is 8.00. The van der Waals surface area contributed by atoms with Gasteiger partial charge in [0.05, 0.1) is 18.7 Å². The standard InChI is InChI=1S/C24H22ClF3N4O4S/c1-2-36-23(35)19-17(11-32-12-24(27,28)10-14(32)4-6-18(33)34)30-21(22-29-7-8-37-22)31-20(19)15-5-3-13(26)9-16(15)25/h3-9,14,20H,2,10-12H2,1H3,(H,30,31)(H,33,34)/b6-4+. The van der Waals surface area contributed by atoms with Crippen molar-refractivity contribution in [1.29, 1.82) is 0 Å². The lowest BCUT2D eigenvalue weighted by Gasteiger charge is -2.30. The summed E-state index contributed by atoms with van der Waals surface area (Å²) in [5, 5.41) is 14.3. The third kappa shape index (κ3) is 6.20. The molecule has 2 N–H and O–H groups in total. The Hall–Kier alpha value is -3.22. The fraction of sp³-hybridized carbons (Fsp3) is 0.333. The number of likely N-dealkylation sites (tertiary alicyclic amines) is 1. The maximum Gasteiger partial charge on any atom is 0.338 e. The van der Waals surface area contributed by atoms with Gasteiger partial charge in [-0.2, -0.15) is 0 Å². The van der Waals surface area contributed by atoms with Gasteiger partial charge in [-0.25, -0.2) is 27.7 Å². The number of nitrogens with one attached hydrogen (secondary N) is 1. The predicted molar refractivity (Wildman–Crippen MR) is 131 cm³/mol. The van der Waals surface area contributed by atoms with E-state index in [1.807, 2.05) is 0 Å². The van der Waals surface area contributed by atoms with E-state index in [0.29, 0.717) is 10.6 Å². The number of carboxylic acids is 1. The summed E-state index contributed by atoms with van der Waals surface area (Å²) in [5.74, 6) is -5.39. The lowest BCUT2D eigenvalue weighted by molar-refractivity contribution is -0.139. The van der Waals surface area contributed by atoms with E-state index in [2.05, 4.69) is 15.3 Å². The van der Waals surface area contributed by atoms with Gasteiger partial charge in [-0.1, -0.05) is 23.7 Å². The highest BCUT2D eigenvalue weighted by atomic mass is 35.5. The van der Waals surface area contributed by atoms with E-state index < -0.39 is 48.7 Å². The average molecular weight is 555 g/mol. The van der Waals surface area contributed by atoms with Gasteiger partial charge < -0.3 is 15.2 Å². The molecule has 2 aliphatic heterocycles. The van der Waals surface area contributed by atoms with Crippen molar-refractivity contribution in [2.75, 3.05) is 19.7 Å². The molecular formula is C24H22ClF3N4O4S. The Labute approximate surface area is 219 Å². The molecule has 2 atom stereocenters. The molecule has 2 aliphatic rings. The van der Waals surface area contributed by atoms with Crippen LogP contribution >= 0.6 is 22.9 Å². The van der Waals surface area contributed by atoms with Crippen LogP contribution in [0, 0.1) is 5.82 Å². The number of aliphatic carboxylic acids is 1. The van der Waals surface area contributed by atoms with Crippen LogP contribution in [0.1, 0.15) is 30.0 Å². The summed E-state index contributed by atoms with van der Waals surface area (Å²) in [5.41, 5.74) is 0.551. The number of carbonyl (C=O) groups excluding carboxylic acids is 1. The Balaban J connectivity index is 1.82. The highest BCUT2D eigenvalue weighted by Gasteiger charge is 2.45. The summed E-state index contributed by atoms with van der Waals surface area (Å²) in [6.07, 6.45) is 2.99. The number of ether oxygens (including phenoxy) is 1. The van der Waals surface area contributed by atoms with E-state index in [0.717, 1.165) is 12.1 Å². The summed E-state index contributed by atoms with van der Waals surface area (Å²) >= 11 is 7.60. The number of thiazole rings is 1. The van der Waals surface area contributed by atoms with Crippen LogP contribution < -0.4 is 5.32 Å². The summed E-state index contributed by atoms with van der Waals surface area (Å²) < 4.78 is 47.9. The molecule has 0 bridgehead atoms. The summed E-state index contributed by atoms with van der Waals surface area (Å²) in [6, 6.07) is 1.72. The minimum Gasteiger partial charge on any atom is -0.478 e. The number of nitrogens with zero attached hydrogens (tertiary/aromatic N) is 3. The predicted octanol–water partition coefficient (Wildman–Crippen LogP) is 4.19. The van der Waals surface area contributed by atoms with Crippen LogP contribution in [-0.2, 0) is 14.3 Å². The number of esters is 1. The van der Waals surface area contributed by atoms with Gasteiger partial charge in [-0.3, -0.25) is 9.89 Å². The number of carboxylic acid groups (broad SMARTS) is 1. The van der Waals surface area contributed by atoms with Crippen molar-refractivity contribution >= 4 is 40.7 Å². The Morgan fingerprint density at radius 2 is 2.19 bits per heavy atom. The SMILES string of the molecule is CCOC(=O)C1=C(CN2CC(F)(F)CC2/C=C/C(=O)O)NC(c2nccs2)=NC1c1ccc(F)cc1Cl. The van der Waals surface area contributed by atoms with Crippen LogP contribution in [0.4, 0.5) is 13.2 Å². The second-order valence-corrected chi connectivity index (χ2v) is 9.65. The number of aliphatic imine (C=N–C) groups is 1. The minimum absolute atomic E-state index is 0.0188. The molecule has 1 saturated heterocycles. The molecule has 4 rings (SSSR count). The van der Waals surface area contributed by atoms with Crippen molar-refractivity contribution in [3.8, 4) is 0 Å². The molecule has 1 fully saturated rings. The number of aromatic nitrogens is 1. The second kappa shape index (κ2) is 11.0. The zero-order valence-electron chi connectivity index (χ0n) is 19.5. The van der Waals surface area contributed by atoms with Gasteiger partial charge in [0.25, 0.3) is 5.92 Å². The van der Waals surface area contributed by atoms with Crippen LogP contribution in [0.5, 0.6) is 0 Å². The fourth-order valence-electron chi connectivity index (χ4n) is 4.24. The first-order valence-electron chi connectivity index (χ1n) is 11.2. The van der Waals surface area contributed by atoms with Crippen LogP contribution in [0.3, 0.4) is 0 Å². The van der Waals surface area contributed by atoms with Gasteiger partial charge in [-0.15, -0.1) is 11.3 Å². The van der Waals surface area contributed by atoms with Gasteiger partial charge in [0.15, 0.2) is 10.8 Å². The zero-order valence-corrected chi connectivity index (χ0v) is 21.0. The van der Waals surface area contributed by atoms with Gasteiger partial charge in [0.1, 0.15) is 11.9 Å². The molecule has 196 valence electrons. The molecule has 0 saturated carbocycles. The van der Waals surface area contributed by atoms with Crippen LogP contribution in [0.15, 0.2) is 58.2 Å². The molecule has 8 nitrogen and oxygen atoms in total. The highest BCUT2D eigenvalue weighted by molar-refractivity contribution is 7.11. The lowest BCUT2D eigenvalue weighted by atomic mass is 9.95. The third-order valence-corrected chi connectivity index (χ3v) is 6.85. The minimum atomic E-state index is -3.07. The normalized spacial score (nSPS) is 21.7. The van der Waals surface area contributed by atoms with E-state index in [9.17, 15) is 22.8 Å². The van der Waals surface area contributed by atoms with Crippen molar-refractivity contribution in [3.05, 3.63) is 74.6 Å². The molecule has 2 unspecified atom stereocenters. The van der Waals surface area contributed by atoms with E-state index in [4.69, 9.17) is 21.4 Å². The molecule has 13 heteroatoms. The summed E-state index contributed by atoms with van der Waals surface area (Å²) in [6.45, 7) is 0.813. The Bertz CT molecular complexity index is 1280. The average Bonchev–Trinajstić information content (AvgIpc) is 3.45. The summed E-state index contributed by atoms with van der Waals surface area (Å²) in [7, 11) is 0. The first-order valence-corrected chi connectivity index (χ1v) is 12.5. The fourth-order valence-corrected chi connectivity index (χ4v) is 5.10. The third-order valence-electron chi connectivity index (χ3n) is 5.75. The number of carbonyl (C=O) groups is 2. The number of halogens is 4. The molecule has 0 spiro atoms. The molecule has 1 aromatic heterocycles. The quantitative estimate of drug-likeness (QED) is 0.372. The van der Waals surface area contributed by atoms with Gasteiger partial charge in [0, 0.05) is 52.9 Å². The molecule has 0 radical (unpaired) electrons. The number of amidine groups is 1. The van der Waals surface area contributed by atoms with E-state index >= 15 is 0 Å². The Morgan fingerprint density at radius 1 is 1.41 bits per heavy atom. The molecule has 0 amide bonds. The first-order chi connectivity index (χ1) is 17.6. The van der Waals surface area contributed by atoms with Crippen molar-refractivity contribution in [3.63, 3.8) is 0 Å². The molecule has 0 aliphatic carbocycles. The zero-order chi connectivity index (χ0) is 26.7. The van der Waals surface area contributed by atoms with Crippen molar-refractivity contribution in [2.24, 2.45) is 4.99 Å². The Morgan fingerprint density at radius 3 is 2.84 bits per heavy atom. The largest absolute Gasteiger partial charge is 0.478 e. The lowest BCUT2D eigenvalue weighted by Crippen LogP contribution is -2.41. The molecule has 37 heavy (non-hydrogen) atoms. The van der Waals surface area contributed by atoms with Crippen LogP contribution in [0.25, 0.3) is 0 Å². The van der Waals surface area contributed by atoms with E-state index in [1.165, 1.54) is 34.4 Å². The molecule has 2 aromatic rings. The van der Waals surface area contributed by atoms with Crippen LogP contribution in [-0.4, -0.2) is 64.4 Å². The van der Waals surface area contributed by atoms with Crippen molar-refractivity contribution < 1.29 is 32.6 Å².